The van der Waals surface area contributed by atoms with Gasteiger partial charge in [-0.2, -0.15) is 0 Å². The molecular formula is C12H18N2S. The Morgan fingerprint density at radius 2 is 2.27 bits per heavy atom. The van der Waals surface area contributed by atoms with Crippen molar-refractivity contribution in [1.82, 2.24) is 0 Å². The molecule has 1 rings (SSSR count). The standard InChI is InChI=1S/C12H18N2S/c1-3-11(12(13)14)15-8-10-6-4-5-9(2)7-10/h4-7,11H,3,8H2,1-2H3,(H3,13,14). The lowest BCUT2D eigenvalue weighted by atomic mass is 10.2. The van der Waals surface area contributed by atoms with Gasteiger partial charge in [-0.25, -0.2) is 0 Å². The lowest BCUT2D eigenvalue weighted by molar-refractivity contribution is 0.991. The average molecular weight is 222 g/mol. The maximum Gasteiger partial charge on any atom is 0.104 e. The van der Waals surface area contributed by atoms with E-state index in [0.29, 0.717) is 0 Å². The highest BCUT2D eigenvalue weighted by Gasteiger charge is 2.09. The fourth-order valence-electron chi connectivity index (χ4n) is 1.43. The summed E-state index contributed by atoms with van der Waals surface area (Å²) in [6.07, 6.45) is 0.922. The normalized spacial score (nSPS) is 12.4. The molecule has 0 aliphatic rings. The van der Waals surface area contributed by atoms with Gasteiger partial charge in [0.05, 0.1) is 5.25 Å². The van der Waals surface area contributed by atoms with Crippen LogP contribution in [0.1, 0.15) is 24.5 Å². The summed E-state index contributed by atoms with van der Waals surface area (Å²) < 4.78 is 0. The highest BCUT2D eigenvalue weighted by atomic mass is 32.2. The molecule has 0 radical (unpaired) electrons. The number of amidine groups is 1. The molecule has 0 saturated carbocycles. The second kappa shape index (κ2) is 5.81. The van der Waals surface area contributed by atoms with Gasteiger partial charge in [0.2, 0.25) is 0 Å². The van der Waals surface area contributed by atoms with Crippen molar-refractivity contribution < 1.29 is 0 Å². The Balaban J connectivity index is 2.52. The highest BCUT2D eigenvalue weighted by Crippen LogP contribution is 2.20. The lowest BCUT2D eigenvalue weighted by Crippen LogP contribution is -2.24. The molecule has 1 atom stereocenters. The van der Waals surface area contributed by atoms with Crippen LogP contribution in [0.3, 0.4) is 0 Å². The van der Waals surface area contributed by atoms with Crippen LogP contribution in [0.5, 0.6) is 0 Å². The first-order chi connectivity index (χ1) is 7.13. The zero-order chi connectivity index (χ0) is 11.3. The van der Waals surface area contributed by atoms with E-state index in [9.17, 15) is 0 Å². The van der Waals surface area contributed by atoms with Crippen LogP contribution in [0, 0.1) is 12.3 Å². The van der Waals surface area contributed by atoms with Gasteiger partial charge >= 0.3 is 0 Å². The maximum absolute atomic E-state index is 7.42. The number of benzene rings is 1. The first-order valence-electron chi connectivity index (χ1n) is 5.14. The van der Waals surface area contributed by atoms with Crippen LogP contribution in [0.15, 0.2) is 24.3 Å². The molecule has 0 heterocycles. The molecule has 0 aromatic heterocycles. The van der Waals surface area contributed by atoms with E-state index >= 15 is 0 Å². The van der Waals surface area contributed by atoms with Gasteiger partial charge in [0.15, 0.2) is 0 Å². The Labute approximate surface area is 95.8 Å². The van der Waals surface area contributed by atoms with E-state index in [0.717, 1.165) is 12.2 Å². The topological polar surface area (TPSA) is 49.9 Å². The Bertz CT molecular complexity index is 336. The monoisotopic (exact) mass is 222 g/mol. The van der Waals surface area contributed by atoms with Crippen LogP contribution in [0.4, 0.5) is 0 Å². The highest BCUT2D eigenvalue weighted by molar-refractivity contribution is 7.99. The van der Waals surface area contributed by atoms with Gasteiger partial charge in [-0.05, 0) is 18.9 Å². The third-order valence-electron chi connectivity index (χ3n) is 2.25. The molecule has 1 aromatic carbocycles. The van der Waals surface area contributed by atoms with Gasteiger partial charge in [-0.15, -0.1) is 11.8 Å². The molecule has 0 fully saturated rings. The fourth-order valence-corrected chi connectivity index (χ4v) is 2.41. The van der Waals surface area contributed by atoms with E-state index in [1.54, 1.807) is 11.8 Å². The quantitative estimate of drug-likeness (QED) is 0.594. The molecule has 0 amide bonds. The van der Waals surface area contributed by atoms with Crippen LogP contribution >= 0.6 is 11.8 Å². The van der Waals surface area contributed by atoms with Crippen LogP contribution in [-0.4, -0.2) is 11.1 Å². The zero-order valence-corrected chi connectivity index (χ0v) is 10.1. The molecular weight excluding hydrogens is 204 g/mol. The van der Waals surface area contributed by atoms with E-state index in [1.165, 1.54) is 11.1 Å². The van der Waals surface area contributed by atoms with Gasteiger partial charge in [0, 0.05) is 5.75 Å². The van der Waals surface area contributed by atoms with Crippen molar-refractivity contribution in [1.29, 1.82) is 5.41 Å². The number of aryl methyl sites for hydroxylation is 1. The van der Waals surface area contributed by atoms with E-state index in [-0.39, 0.29) is 11.1 Å². The summed E-state index contributed by atoms with van der Waals surface area (Å²) in [4.78, 5) is 0. The maximum atomic E-state index is 7.42. The van der Waals surface area contributed by atoms with E-state index in [1.807, 2.05) is 0 Å². The SMILES string of the molecule is CCC(SCc1cccc(C)c1)C(=N)N. The number of rotatable bonds is 5. The molecule has 15 heavy (non-hydrogen) atoms. The van der Waals surface area contributed by atoms with Crippen LogP contribution in [0.25, 0.3) is 0 Å². The summed E-state index contributed by atoms with van der Waals surface area (Å²) in [5.41, 5.74) is 8.09. The van der Waals surface area contributed by atoms with Crippen molar-refractivity contribution in [3.63, 3.8) is 0 Å². The van der Waals surface area contributed by atoms with E-state index in [4.69, 9.17) is 11.1 Å². The first kappa shape index (κ1) is 12.1. The third kappa shape index (κ3) is 3.96. The van der Waals surface area contributed by atoms with Gasteiger partial charge < -0.3 is 5.73 Å². The summed E-state index contributed by atoms with van der Waals surface area (Å²) in [5.74, 6) is 1.22. The number of hydrogen-bond acceptors (Lipinski definition) is 2. The Morgan fingerprint density at radius 3 is 2.80 bits per heavy atom. The summed E-state index contributed by atoms with van der Waals surface area (Å²) >= 11 is 1.74. The number of nitrogens with one attached hydrogen (secondary N) is 1. The Hall–Kier alpha value is -0.960. The molecule has 0 aliphatic heterocycles. The molecule has 1 unspecified atom stereocenters. The number of thioether (sulfide) groups is 1. The number of nitrogens with two attached hydrogens (primary N) is 1. The summed E-state index contributed by atoms with van der Waals surface area (Å²) in [6.45, 7) is 4.16. The van der Waals surface area contributed by atoms with Crippen LogP contribution in [-0.2, 0) is 5.75 Å². The lowest BCUT2D eigenvalue weighted by Gasteiger charge is -2.12. The van der Waals surface area contributed by atoms with Crippen molar-refractivity contribution in [2.24, 2.45) is 5.73 Å². The molecule has 2 nitrogen and oxygen atoms in total. The minimum atomic E-state index is 0.158. The predicted octanol–water partition coefficient (Wildman–Crippen LogP) is 2.94. The minimum absolute atomic E-state index is 0.158. The minimum Gasteiger partial charge on any atom is -0.387 e. The van der Waals surface area contributed by atoms with E-state index in [2.05, 4.69) is 38.1 Å². The second-order valence-corrected chi connectivity index (χ2v) is 4.84. The largest absolute Gasteiger partial charge is 0.387 e. The zero-order valence-electron chi connectivity index (χ0n) is 9.29. The first-order valence-corrected chi connectivity index (χ1v) is 6.19. The molecule has 0 aliphatic carbocycles. The molecule has 3 N–H and O–H groups in total. The molecule has 0 bridgehead atoms. The van der Waals surface area contributed by atoms with Crippen LogP contribution in [0.2, 0.25) is 0 Å². The molecule has 1 aromatic rings. The second-order valence-electron chi connectivity index (χ2n) is 3.65. The Kier molecular flexibility index (Phi) is 4.69. The Morgan fingerprint density at radius 1 is 1.53 bits per heavy atom. The summed E-state index contributed by atoms with van der Waals surface area (Å²) in [5, 5.41) is 7.57. The van der Waals surface area contributed by atoms with Gasteiger partial charge in [-0.3, -0.25) is 5.41 Å². The van der Waals surface area contributed by atoms with Crippen molar-refractivity contribution in [2.75, 3.05) is 0 Å². The average Bonchev–Trinajstić information content (AvgIpc) is 2.18. The van der Waals surface area contributed by atoms with Gasteiger partial charge in [0.1, 0.15) is 5.84 Å². The van der Waals surface area contributed by atoms with Crippen molar-refractivity contribution >= 4 is 17.6 Å². The van der Waals surface area contributed by atoms with Gasteiger partial charge in [-0.1, -0.05) is 36.8 Å². The van der Waals surface area contributed by atoms with E-state index < -0.39 is 0 Å². The number of hydrogen-bond donors (Lipinski definition) is 2. The van der Waals surface area contributed by atoms with Crippen molar-refractivity contribution in [3.8, 4) is 0 Å². The smallest absolute Gasteiger partial charge is 0.104 e. The van der Waals surface area contributed by atoms with Gasteiger partial charge in [0.25, 0.3) is 0 Å². The predicted molar refractivity (Wildman–Crippen MR) is 68.5 cm³/mol. The van der Waals surface area contributed by atoms with Crippen molar-refractivity contribution in [3.05, 3.63) is 35.4 Å². The molecule has 0 spiro atoms. The summed E-state index contributed by atoms with van der Waals surface area (Å²) in [6, 6.07) is 8.46. The molecule has 82 valence electrons. The van der Waals surface area contributed by atoms with Crippen molar-refractivity contribution in [2.45, 2.75) is 31.3 Å². The fraction of sp³-hybridized carbons (Fsp3) is 0.417. The van der Waals surface area contributed by atoms with Crippen LogP contribution < -0.4 is 5.73 Å². The molecule has 3 heteroatoms. The third-order valence-corrected chi connectivity index (χ3v) is 3.74. The molecule has 0 saturated heterocycles. The summed E-state index contributed by atoms with van der Waals surface area (Å²) in [7, 11) is 0.